The number of hydrogen-bond donors (Lipinski definition) is 0. The minimum Gasteiger partial charge on any atom is -0.261 e. The summed E-state index contributed by atoms with van der Waals surface area (Å²) < 4.78 is 0.937. The molecule has 0 N–H and O–H groups in total. The van der Waals surface area contributed by atoms with E-state index in [0.29, 0.717) is 0 Å². The Bertz CT molecular complexity index is 319. The van der Waals surface area contributed by atoms with E-state index < -0.39 is 0 Å². The van der Waals surface area contributed by atoms with Crippen molar-refractivity contribution >= 4 is 15.9 Å². The molecule has 0 spiro atoms. The van der Waals surface area contributed by atoms with Crippen LogP contribution in [0.2, 0.25) is 0 Å². The fourth-order valence-corrected chi connectivity index (χ4v) is 1.14. The molecule has 0 radical (unpaired) electrons. The molecule has 1 aromatic rings. The summed E-state index contributed by atoms with van der Waals surface area (Å²) in [7, 11) is 0. The summed E-state index contributed by atoms with van der Waals surface area (Å²) in [6, 6.07) is 3.44. The molecule has 1 rings (SSSR count). The maximum absolute atomic E-state index is 8.19. The third-order valence-corrected chi connectivity index (χ3v) is 1.89. The molecule has 0 amide bonds. The molecule has 5 heteroatoms. The van der Waals surface area contributed by atoms with Crippen molar-refractivity contribution < 1.29 is 0 Å². The number of aromatic nitrogens is 1. The highest BCUT2D eigenvalue weighted by Gasteiger charge is 2.03. The van der Waals surface area contributed by atoms with Gasteiger partial charge >= 0.3 is 0 Å². The van der Waals surface area contributed by atoms with Crippen molar-refractivity contribution in [2.45, 2.75) is 13.0 Å². The zero-order chi connectivity index (χ0) is 8.97. The molecule has 62 valence electrons. The van der Waals surface area contributed by atoms with Gasteiger partial charge in [0.1, 0.15) is 0 Å². The Kier molecular flexibility index (Phi) is 3.08. The van der Waals surface area contributed by atoms with Crippen LogP contribution in [0.15, 0.2) is 27.9 Å². The Morgan fingerprint density at radius 3 is 3.08 bits per heavy atom. The van der Waals surface area contributed by atoms with Gasteiger partial charge in [0.25, 0.3) is 0 Å². The largest absolute Gasteiger partial charge is 0.261 e. The number of nitrogens with zero attached hydrogens (tertiary/aromatic N) is 4. The Hall–Kier alpha value is -1.06. The molecule has 1 aromatic heterocycles. The molecule has 0 saturated carbocycles. The van der Waals surface area contributed by atoms with Gasteiger partial charge in [0.2, 0.25) is 0 Å². The number of halogens is 1. The first-order chi connectivity index (χ1) is 5.74. The van der Waals surface area contributed by atoms with Gasteiger partial charge in [-0.1, -0.05) is 28.0 Å². The van der Waals surface area contributed by atoms with Crippen LogP contribution < -0.4 is 0 Å². The van der Waals surface area contributed by atoms with E-state index in [2.05, 4.69) is 30.9 Å². The molecule has 1 atom stereocenters. The third kappa shape index (κ3) is 2.22. The van der Waals surface area contributed by atoms with E-state index in [-0.39, 0.29) is 6.04 Å². The third-order valence-electron chi connectivity index (χ3n) is 1.40. The predicted molar refractivity (Wildman–Crippen MR) is 49.5 cm³/mol. The van der Waals surface area contributed by atoms with Gasteiger partial charge in [-0.15, -0.1) is 0 Å². The highest BCUT2D eigenvalue weighted by atomic mass is 79.9. The molecule has 4 nitrogen and oxygen atoms in total. The summed E-state index contributed by atoms with van der Waals surface area (Å²) in [6.07, 6.45) is 1.67. The lowest BCUT2D eigenvalue weighted by atomic mass is 10.2. The maximum atomic E-state index is 8.19. The average molecular weight is 227 g/mol. The van der Waals surface area contributed by atoms with E-state index in [1.807, 2.05) is 12.1 Å². The highest BCUT2D eigenvalue weighted by Crippen LogP contribution is 2.17. The normalized spacial score (nSPS) is 11.8. The van der Waals surface area contributed by atoms with Crippen molar-refractivity contribution in [3.8, 4) is 0 Å². The number of rotatable bonds is 2. The lowest BCUT2D eigenvalue weighted by Gasteiger charge is -2.02. The van der Waals surface area contributed by atoms with Crippen molar-refractivity contribution in [2.24, 2.45) is 5.11 Å². The Labute approximate surface area is 78.4 Å². The SMILES string of the molecule is CC(N=[N+]=[N-])c1cc(Br)ccn1. The van der Waals surface area contributed by atoms with Crippen molar-refractivity contribution in [1.82, 2.24) is 4.98 Å². The molecule has 0 aliphatic rings. The van der Waals surface area contributed by atoms with Crippen LogP contribution in [0.25, 0.3) is 10.4 Å². The topological polar surface area (TPSA) is 61.7 Å². The molecular formula is C7H7BrN4. The van der Waals surface area contributed by atoms with Crippen LogP contribution in [0, 0.1) is 0 Å². The van der Waals surface area contributed by atoms with Crippen LogP contribution in [0.1, 0.15) is 18.7 Å². The summed E-state index contributed by atoms with van der Waals surface area (Å²) >= 11 is 3.31. The van der Waals surface area contributed by atoms with Crippen LogP contribution in [0.4, 0.5) is 0 Å². The van der Waals surface area contributed by atoms with Gasteiger partial charge in [-0.05, 0) is 17.7 Å². The molecule has 0 aliphatic carbocycles. The molecule has 0 aliphatic heterocycles. The molecular weight excluding hydrogens is 220 g/mol. The lowest BCUT2D eigenvalue weighted by Crippen LogP contribution is -1.91. The van der Waals surface area contributed by atoms with Crippen LogP contribution >= 0.6 is 15.9 Å². The first-order valence-electron chi connectivity index (χ1n) is 3.39. The summed E-state index contributed by atoms with van der Waals surface area (Å²) in [5, 5.41) is 3.53. The molecule has 1 heterocycles. The van der Waals surface area contributed by atoms with Crippen molar-refractivity contribution in [2.75, 3.05) is 0 Å². The van der Waals surface area contributed by atoms with E-state index >= 15 is 0 Å². The Morgan fingerprint density at radius 2 is 2.50 bits per heavy atom. The second-order valence-electron chi connectivity index (χ2n) is 2.28. The average Bonchev–Trinajstić information content (AvgIpc) is 2.05. The van der Waals surface area contributed by atoms with Gasteiger partial charge in [-0.25, -0.2) is 0 Å². The van der Waals surface area contributed by atoms with Gasteiger partial charge in [0.05, 0.1) is 11.7 Å². The number of pyridine rings is 1. The van der Waals surface area contributed by atoms with E-state index in [0.717, 1.165) is 10.2 Å². The van der Waals surface area contributed by atoms with Gasteiger partial charge in [-0.3, -0.25) is 4.98 Å². The maximum Gasteiger partial charge on any atom is 0.0770 e. The van der Waals surface area contributed by atoms with Gasteiger partial charge in [0.15, 0.2) is 0 Å². The van der Waals surface area contributed by atoms with Crippen molar-refractivity contribution in [1.29, 1.82) is 0 Å². The summed E-state index contributed by atoms with van der Waals surface area (Å²) in [4.78, 5) is 6.77. The second kappa shape index (κ2) is 4.09. The van der Waals surface area contributed by atoms with Crippen LogP contribution in [0.3, 0.4) is 0 Å². The molecule has 0 bridgehead atoms. The van der Waals surface area contributed by atoms with E-state index in [9.17, 15) is 0 Å². The first-order valence-corrected chi connectivity index (χ1v) is 4.19. The van der Waals surface area contributed by atoms with Gasteiger partial charge < -0.3 is 0 Å². The quantitative estimate of drug-likeness (QED) is 0.434. The van der Waals surface area contributed by atoms with Crippen molar-refractivity contribution in [3.63, 3.8) is 0 Å². The molecule has 0 aromatic carbocycles. The molecule has 0 saturated heterocycles. The predicted octanol–water partition coefficient (Wildman–Crippen LogP) is 3.22. The summed E-state index contributed by atoms with van der Waals surface area (Å²) in [5.74, 6) is 0. The van der Waals surface area contributed by atoms with E-state index in [4.69, 9.17) is 5.53 Å². The lowest BCUT2D eigenvalue weighted by molar-refractivity contribution is 0.771. The van der Waals surface area contributed by atoms with Crippen molar-refractivity contribution in [3.05, 3.63) is 38.9 Å². The first kappa shape index (κ1) is 9.03. The standard InChI is InChI=1S/C7H7BrN4/c1-5(11-12-9)7-4-6(8)2-3-10-7/h2-5H,1H3. The van der Waals surface area contributed by atoms with Crippen LogP contribution in [-0.4, -0.2) is 4.98 Å². The van der Waals surface area contributed by atoms with E-state index in [1.54, 1.807) is 13.1 Å². The molecule has 12 heavy (non-hydrogen) atoms. The Morgan fingerprint density at radius 1 is 1.75 bits per heavy atom. The highest BCUT2D eigenvalue weighted by molar-refractivity contribution is 9.10. The smallest absolute Gasteiger partial charge is 0.0770 e. The molecule has 1 unspecified atom stereocenters. The fraction of sp³-hybridized carbons (Fsp3) is 0.286. The van der Waals surface area contributed by atoms with Gasteiger partial charge in [-0.2, -0.15) is 0 Å². The van der Waals surface area contributed by atoms with Gasteiger partial charge in [0, 0.05) is 15.6 Å². The summed E-state index contributed by atoms with van der Waals surface area (Å²) in [5.41, 5.74) is 8.95. The summed E-state index contributed by atoms with van der Waals surface area (Å²) in [6.45, 7) is 1.80. The van der Waals surface area contributed by atoms with Crippen LogP contribution in [-0.2, 0) is 0 Å². The zero-order valence-electron chi connectivity index (χ0n) is 6.48. The Balaban J connectivity index is 2.94. The number of hydrogen-bond acceptors (Lipinski definition) is 2. The minimum atomic E-state index is -0.215. The minimum absolute atomic E-state index is 0.215. The number of azide groups is 1. The van der Waals surface area contributed by atoms with Crippen LogP contribution in [0.5, 0.6) is 0 Å². The molecule has 0 fully saturated rings. The van der Waals surface area contributed by atoms with E-state index in [1.165, 1.54) is 0 Å². The monoisotopic (exact) mass is 226 g/mol. The second-order valence-corrected chi connectivity index (χ2v) is 3.20. The zero-order valence-corrected chi connectivity index (χ0v) is 8.06. The fourth-order valence-electron chi connectivity index (χ4n) is 0.786.